The minimum absolute atomic E-state index is 0.102. The van der Waals surface area contributed by atoms with E-state index in [9.17, 15) is 13.5 Å². The molecule has 1 N–H and O–H groups in total. The third-order valence-electron chi connectivity index (χ3n) is 3.77. The molecule has 1 fully saturated rings. The Morgan fingerprint density at radius 2 is 1.95 bits per heavy atom. The van der Waals surface area contributed by atoms with Crippen molar-refractivity contribution in [3.8, 4) is 5.75 Å². The Balaban J connectivity index is 1.97. The summed E-state index contributed by atoms with van der Waals surface area (Å²) in [4.78, 5) is 3.96. The average Bonchev–Trinajstić information content (AvgIpc) is 2.98. The molecule has 1 saturated heterocycles. The fraction of sp³-hybridized carbons (Fsp3) is 0.267. The van der Waals surface area contributed by atoms with Crippen molar-refractivity contribution in [3.63, 3.8) is 0 Å². The number of sulfonamides is 1. The lowest BCUT2D eigenvalue weighted by atomic mass is 10.1. The summed E-state index contributed by atoms with van der Waals surface area (Å²) in [5, 5.41) is 9.67. The smallest absolute Gasteiger partial charge is 0.245 e. The zero-order valence-corrected chi connectivity index (χ0v) is 13.3. The first-order valence-electron chi connectivity index (χ1n) is 6.90. The first-order valence-corrected chi connectivity index (χ1v) is 8.71. The fourth-order valence-corrected chi connectivity index (χ4v) is 4.64. The van der Waals surface area contributed by atoms with E-state index >= 15 is 0 Å². The van der Waals surface area contributed by atoms with Crippen LogP contribution in [-0.2, 0) is 10.0 Å². The van der Waals surface area contributed by atoms with Gasteiger partial charge in [0.25, 0.3) is 0 Å². The van der Waals surface area contributed by atoms with Crippen LogP contribution in [0.15, 0.2) is 47.6 Å². The van der Waals surface area contributed by atoms with Crippen LogP contribution >= 0.6 is 11.6 Å². The number of phenols is 1. The normalized spacial score (nSPS) is 19.4. The number of pyridine rings is 1. The number of nitrogens with zero attached hydrogens (tertiary/aromatic N) is 2. The molecule has 2 heterocycles. The van der Waals surface area contributed by atoms with Crippen molar-refractivity contribution in [3.05, 3.63) is 53.3 Å². The van der Waals surface area contributed by atoms with E-state index in [0.29, 0.717) is 11.6 Å². The lowest BCUT2D eigenvalue weighted by Crippen LogP contribution is -2.30. The van der Waals surface area contributed by atoms with Crippen LogP contribution in [0.2, 0.25) is 5.02 Å². The van der Waals surface area contributed by atoms with Crippen molar-refractivity contribution in [2.24, 2.45) is 0 Å². The first-order chi connectivity index (χ1) is 10.5. The third-order valence-corrected chi connectivity index (χ3v) is 5.85. The third kappa shape index (κ3) is 2.82. The predicted molar refractivity (Wildman–Crippen MR) is 83.2 cm³/mol. The van der Waals surface area contributed by atoms with E-state index in [1.54, 1.807) is 24.3 Å². The summed E-state index contributed by atoms with van der Waals surface area (Å²) in [5.74, 6) is 0.162. The van der Waals surface area contributed by atoms with Gasteiger partial charge in [-0.05, 0) is 36.6 Å². The van der Waals surface area contributed by atoms with E-state index in [1.807, 2.05) is 0 Å². The Labute approximate surface area is 134 Å². The highest BCUT2D eigenvalue weighted by molar-refractivity contribution is 7.89. The van der Waals surface area contributed by atoms with Gasteiger partial charge in [-0.1, -0.05) is 23.7 Å². The highest BCUT2D eigenvalue weighted by Crippen LogP contribution is 2.37. The molecule has 0 spiro atoms. The van der Waals surface area contributed by atoms with Crippen molar-refractivity contribution in [1.82, 2.24) is 9.29 Å². The molecule has 1 unspecified atom stereocenters. The molecule has 1 aromatic heterocycles. The molecule has 1 aromatic carbocycles. The van der Waals surface area contributed by atoms with Gasteiger partial charge in [-0.25, -0.2) is 8.42 Å². The van der Waals surface area contributed by atoms with E-state index in [0.717, 1.165) is 18.4 Å². The highest BCUT2D eigenvalue weighted by atomic mass is 35.5. The maximum absolute atomic E-state index is 12.8. The van der Waals surface area contributed by atoms with Crippen LogP contribution < -0.4 is 0 Å². The summed E-state index contributed by atoms with van der Waals surface area (Å²) in [6.45, 7) is 0.459. The molecule has 22 heavy (non-hydrogen) atoms. The standard InChI is InChI=1S/C15H15ClN2O3S/c16-12-8-14(10-17-9-12)22(20,21)18-7-1-2-15(18)11-3-5-13(19)6-4-11/h3-6,8-10,15,19H,1-2,7H2. The van der Waals surface area contributed by atoms with Crippen molar-refractivity contribution in [2.75, 3.05) is 6.54 Å². The molecule has 7 heteroatoms. The molecule has 1 aliphatic rings. The lowest BCUT2D eigenvalue weighted by molar-refractivity contribution is 0.396. The summed E-state index contributed by atoms with van der Waals surface area (Å²) in [6, 6.07) is 7.83. The van der Waals surface area contributed by atoms with E-state index in [1.165, 1.54) is 22.8 Å². The Bertz CT molecular complexity index is 778. The van der Waals surface area contributed by atoms with Gasteiger partial charge in [0, 0.05) is 18.9 Å². The molecule has 3 rings (SSSR count). The molecule has 2 aromatic rings. The van der Waals surface area contributed by atoms with Crippen LogP contribution in [0.1, 0.15) is 24.4 Å². The van der Waals surface area contributed by atoms with Crippen LogP contribution in [0, 0.1) is 0 Å². The summed E-state index contributed by atoms with van der Waals surface area (Å²) in [6.07, 6.45) is 4.26. The molecular weight excluding hydrogens is 324 g/mol. The van der Waals surface area contributed by atoms with Crippen LogP contribution in [0.4, 0.5) is 0 Å². The van der Waals surface area contributed by atoms with E-state index < -0.39 is 10.0 Å². The number of rotatable bonds is 3. The van der Waals surface area contributed by atoms with Gasteiger partial charge in [0.1, 0.15) is 10.6 Å². The van der Waals surface area contributed by atoms with Crippen molar-refractivity contribution in [2.45, 2.75) is 23.8 Å². The monoisotopic (exact) mass is 338 g/mol. The second-order valence-electron chi connectivity index (χ2n) is 5.20. The molecule has 0 bridgehead atoms. The number of benzene rings is 1. The van der Waals surface area contributed by atoms with Crippen molar-refractivity contribution >= 4 is 21.6 Å². The molecule has 0 saturated carbocycles. The number of hydrogen-bond donors (Lipinski definition) is 1. The number of halogens is 1. The number of hydrogen-bond acceptors (Lipinski definition) is 4. The van der Waals surface area contributed by atoms with Crippen molar-refractivity contribution < 1.29 is 13.5 Å². The minimum atomic E-state index is -3.64. The Morgan fingerprint density at radius 3 is 2.64 bits per heavy atom. The van der Waals surface area contributed by atoms with Crippen LogP contribution in [0.3, 0.4) is 0 Å². The zero-order chi connectivity index (χ0) is 15.7. The number of aromatic nitrogens is 1. The van der Waals surface area contributed by atoms with Gasteiger partial charge in [-0.2, -0.15) is 4.31 Å². The summed E-state index contributed by atoms with van der Waals surface area (Å²) in [7, 11) is -3.64. The molecular formula is C15H15ClN2O3S. The van der Waals surface area contributed by atoms with E-state index in [-0.39, 0.29) is 16.7 Å². The summed E-state index contributed by atoms with van der Waals surface area (Å²) >= 11 is 5.86. The zero-order valence-electron chi connectivity index (χ0n) is 11.7. The first kappa shape index (κ1) is 15.3. The van der Waals surface area contributed by atoms with Gasteiger partial charge in [-0.15, -0.1) is 0 Å². The Kier molecular flexibility index (Phi) is 4.08. The minimum Gasteiger partial charge on any atom is -0.508 e. The highest BCUT2D eigenvalue weighted by Gasteiger charge is 2.36. The van der Waals surface area contributed by atoms with Crippen molar-refractivity contribution in [1.29, 1.82) is 0 Å². The second kappa shape index (κ2) is 5.87. The van der Waals surface area contributed by atoms with Gasteiger partial charge in [0.2, 0.25) is 10.0 Å². The quantitative estimate of drug-likeness (QED) is 0.934. The average molecular weight is 339 g/mol. The van der Waals surface area contributed by atoms with Gasteiger partial charge in [0.05, 0.1) is 11.1 Å². The van der Waals surface area contributed by atoms with E-state index in [2.05, 4.69) is 4.98 Å². The maximum Gasteiger partial charge on any atom is 0.245 e. The van der Waals surface area contributed by atoms with Crippen LogP contribution in [0.5, 0.6) is 5.75 Å². The molecule has 0 amide bonds. The molecule has 0 radical (unpaired) electrons. The van der Waals surface area contributed by atoms with Crippen LogP contribution in [0.25, 0.3) is 0 Å². The topological polar surface area (TPSA) is 70.5 Å². The second-order valence-corrected chi connectivity index (χ2v) is 7.53. The molecule has 1 aliphatic heterocycles. The van der Waals surface area contributed by atoms with Crippen LogP contribution in [-0.4, -0.2) is 29.4 Å². The van der Waals surface area contributed by atoms with Gasteiger partial charge in [-0.3, -0.25) is 4.98 Å². The largest absolute Gasteiger partial charge is 0.508 e. The molecule has 1 atom stereocenters. The maximum atomic E-state index is 12.8. The molecule has 0 aliphatic carbocycles. The summed E-state index contributed by atoms with van der Waals surface area (Å²) < 4.78 is 27.1. The van der Waals surface area contributed by atoms with Gasteiger partial charge < -0.3 is 5.11 Å². The number of aromatic hydroxyl groups is 1. The predicted octanol–water partition coefficient (Wildman–Crippen LogP) is 2.97. The van der Waals surface area contributed by atoms with E-state index in [4.69, 9.17) is 11.6 Å². The SMILES string of the molecule is O=S(=O)(c1cncc(Cl)c1)N1CCCC1c1ccc(O)cc1. The molecule has 116 valence electrons. The molecule has 5 nitrogen and oxygen atoms in total. The number of phenolic OH excluding ortho intramolecular Hbond substituents is 1. The fourth-order valence-electron chi connectivity index (χ4n) is 2.73. The summed E-state index contributed by atoms with van der Waals surface area (Å²) in [5.41, 5.74) is 0.869. The Morgan fingerprint density at radius 1 is 1.23 bits per heavy atom. The van der Waals surface area contributed by atoms with Gasteiger partial charge >= 0.3 is 0 Å². The lowest BCUT2D eigenvalue weighted by Gasteiger charge is -2.24. The van der Waals surface area contributed by atoms with Gasteiger partial charge in [0.15, 0.2) is 0 Å². The Hall–Kier alpha value is -1.63.